The Labute approximate surface area is 249 Å². The van der Waals surface area contributed by atoms with Crippen LogP contribution >= 0.6 is 0 Å². The topological polar surface area (TPSA) is 87.5 Å². The van der Waals surface area contributed by atoms with Gasteiger partial charge in [0.1, 0.15) is 22.9 Å². The number of para-hydroxylation sites is 1. The first kappa shape index (κ1) is 28.2. The Balaban J connectivity index is 1.38. The zero-order chi connectivity index (χ0) is 29.6. The number of azide groups is 1. The number of ether oxygens (including phenoxy) is 2. The van der Waals surface area contributed by atoms with E-state index >= 15 is 0 Å². The minimum Gasteiger partial charge on any atom is -0.457 e. The van der Waals surface area contributed by atoms with Gasteiger partial charge in [0.25, 0.3) is 0 Å². The molecular formula is C36H30FN3O3. The first-order chi connectivity index (χ1) is 21.1. The number of halogens is 1. The summed E-state index contributed by atoms with van der Waals surface area (Å²) < 4.78 is 27.5. The van der Waals surface area contributed by atoms with Crippen LogP contribution in [-0.2, 0) is 10.3 Å². The fourth-order valence-electron chi connectivity index (χ4n) is 6.03. The third kappa shape index (κ3) is 5.62. The molecule has 5 aromatic rings. The quantitative estimate of drug-likeness (QED) is 0.0830. The van der Waals surface area contributed by atoms with Gasteiger partial charge in [-0.3, -0.25) is 0 Å². The zero-order valence-electron chi connectivity index (χ0n) is 23.3. The largest absolute Gasteiger partial charge is 0.457 e. The van der Waals surface area contributed by atoms with E-state index in [2.05, 4.69) is 10.0 Å². The Hall–Kier alpha value is -4.94. The molecule has 6 rings (SSSR count). The normalized spacial score (nSPS) is 16.5. The fourth-order valence-corrected chi connectivity index (χ4v) is 6.03. The van der Waals surface area contributed by atoms with Crippen LogP contribution in [0.5, 0.6) is 11.5 Å². The minimum atomic E-state index is -1.00. The predicted molar refractivity (Wildman–Crippen MR) is 163 cm³/mol. The second-order valence-corrected chi connectivity index (χ2v) is 10.6. The summed E-state index contributed by atoms with van der Waals surface area (Å²) in [5.41, 5.74) is 12.5. The molecule has 0 unspecified atom stereocenters. The van der Waals surface area contributed by atoms with Gasteiger partial charge < -0.3 is 14.6 Å². The molecule has 0 radical (unpaired) electrons. The van der Waals surface area contributed by atoms with Crippen molar-refractivity contribution in [1.29, 1.82) is 0 Å². The highest BCUT2D eigenvalue weighted by molar-refractivity contribution is 5.50. The third-order valence-corrected chi connectivity index (χ3v) is 7.95. The van der Waals surface area contributed by atoms with Gasteiger partial charge in [-0.25, -0.2) is 4.39 Å². The van der Waals surface area contributed by atoms with Crippen LogP contribution in [0.3, 0.4) is 0 Å². The predicted octanol–water partition coefficient (Wildman–Crippen LogP) is 8.83. The number of fused-ring (bicyclic) bond motifs is 2. The van der Waals surface area contributed by atoms with Crippen molar-refractivity contribution in [3.05, 3.63) is 178 Å². The van der Waals surface area contributed by atoms with Crippen molar-refractivity contribution >= 4 is 0 Å². The van der Waals surface area contributed by atoms with Crippen LogP contribution in [0.4, 0.5) is 4.39 Å². The van der Waals surface area contributed by atoms with Gasteiger partial charge in [0, 0.05) is 16.4 Å². The van der Waals surface area contributed by atoms with E-state index in [0.29, 0.717) is 17.1 Å². The van der Waals surface area contributed by atoms with E-state index < -0.39 is 29.5 Å². The molecule has 3 atom stereocenters. The number of rotatable bonds is 9. The molecule has 1 heterocycles. The maximum atomic E-state index is 14.4. The molecule has 5 aromatic carbocycles. The first-order valence-corrected chi connectivity index (χ1v) is 14.2. The molecule has 0 saturated heterocycles. The lowest BCUT2D eigenvalue weighted by atomic mass is 9.80. The van der Waals surface area contributed by atoms with Crippen molar-refractivity contribution in [2.75, 3.05) is 6.61 Å². The second-order valence-electron chi connectivity index (χ2n) is 10.6. The number of hydrogen-bond acceptors (Lipinski definition) is 4. The summed E-state index contributed by atoms with van der Waals surface area (Å²) in [5, 5.41) is 15.7. The van der Waals surface area contributed by atoms with Crippen molar-refractivity contribution < 1.29 is 19.0 Å². The lowest BCUT2D eigenvalue weighted by Gasteiger charge is -2.37. The van der Waals surface area contributed by atoms with Crippen LogP contribution in [0.1, 0.15) is 46.2 Å². The van der Waals surface area contributed by atoms with Crippen molar-refractivity contribution in [1.82, 2.24) is 0 Å². The Kier molecular flexibility index (Phi) is 8.20. The van der Waals surface area contributed by atoms with Gasteiger partial charge in [-0.1, -0.05) is 114 Å². The Morgan fingerprint density at radius 1 is 0.767 bits per heavy atom. The average Bonchev–Trinajstić information content (AvgIpc) is 3.17. The van der Waals surface area contributed by atoms with Crippen molar-refractivity contribution in [2.24, 2.45) is 5.11 Å². The van der Waals surface area contributed by atoms with Crippen LogP contribution in [0, 0.1) is 5.82 Å². The molecule has 0 fully saturated rings. The summed E-state index contributed by atoms with van der Waals surface area (Å²) in [6.45, 7) is -0.0306. The molecule has 0 spiro atoms. The molecule has 1 aliphatic heterocycles. The minimum absolute atomic E-state index is 0.0306. The molecule has 0 aromatic heterocycles. The Morgan fingerprint density at radius 3 is 1.88 bits per heavy atom. The van der Waals surface area contributed by atoms with Gasteiger partial charge in [-0.05, 0) is 58.5 Å². The molecule has 7 heteroatoms. The lowest BCUT2D eigenvalue weighted by molar-refractivity contribution is -0.0423. The Bertz CT molecular complexity index is 1630. The molecule has 0 saturated carbocycles. The van der Waals surface area contributed by atoms with Crippen LogP contribution < -0.4 is 4.74 Å². The van der Waals surface area contributed by atoms with Gasteiger partial charge in [-0.2, -0.15) is 0 Å². The van der Waals surface area contributed by atoms with Crippen molar-refractivity contribution in [3.63, 3.8) is 0 Å². The van der Waals surface area contributed by atoms with Crippen LogP contribution in [0.25, 0.3) is 10.4 Å². The summed E-state index contributed by atoms with van der Waals surface area (Å²) >= 11 is 0. The number of benzene rings is 5. The molecule has 214 valence electrons. The number of hydrogen-bond donors (Lipinski definition) is 1. The molecule has 43 heavy (non-hydrogen) atoms. The number of aliphatic hydroxyl groups is 1. The van der Waals surface area contributed by atoms with Crippen LogP contribution in [0.15, 0.2) is 139 Å². The smallest absolute Gasteiger partial charge is 0.143 e. The SMILES string of the molecule is [N-]=[N+]=N[C@@H]1c2cc(F)ccc2Oc2ccccc2[C@H]1C[C@@H](O)COC(c1ccccc1)(c1ccccc1)c1ccccc1. The van der Waals surface area contributed by atoms with Crippen molar-refractivity contribution in [2.45, 2.75) is 30.1 Å². The molecule has 0 amide bonds. The van der Waals surface area contributed by atoms with Crippen molar-refractivity contribution in [3.8, 4) is 11.5 Å². The summed E-state index contributed by atoms with van der Waals surface area (Å²) in [7, 11) is 0. The van der Waals surface area contributed by atoms with E-state index in [1.807, 2.05) is 115 Å². The first-order valence-electron chi connectivity index (χ1n) is 14.2. The Morgan fingerprint density at radius 2 is 1.30 bits per heavy atom. The lowest BCUT2D eigenvalue weighted by Crippen LogP contribution is -2.36. The van der Waals surface area contributed by atoms with Crippen LogP contribution in [0.2, 0.25) is 0 Å². The maximum Gasteiger partial charge on any atom is 0.143 e. The molecule has 0 aliphatic carbocycles. The highest BCUT2D eigenvalue weighted by Crippen LogP contribution is 2.49. The molecule has 6 nitrogen and oxygen atoms in total. The number of aliphatic hydroxyl groups excluding tert-OH is 1. The number of nitrogens with zero attached hydrogens (tertiary/aromatic N) is 3. The molecule has 1 aliphatic rings. The maximum absolute atomic E-state index is 14.4. The van der Waals surface area contributed by atoms with Gasteiger partial charge >= 0.3 is 0 Å². The zero-order valence-corrected chi connectivity index (χ0v) is 23.3. The summed E-state index contributed by atoms with van der Waals surface area (Å²) in [4.78, 5) is 3.10. The van der Waals surface area contributed by atoms with Gasteiger partial charge in [0.05, 0.1) is 18.8 Å². The third-order valence-electron chi connectivity index (χ3n) is 7.95. The molecule has 1 N–H and O–H groups in total. The van der Waals surface area contributed by atoms with E-state index in [-0.39, 0.29) is 13.0 Å². The van der Waals surface area contributed by atoms with E-state index in [1.54, 1.807) is 0 Å². The van der Waals surface area contributed by atoms with E-state index in [1.165, 1.54) is 18.2 Å². The summed E-state index contributed by atoms with van der Waals surface area (Å²) in [5.74, 6) is 0.00725. The molecular weight excluding hydrogens is 541 g/mol. The monoisotopic (exact) mass is 571 g/mol. The molecule has 0 bridgehead atoms. The highest BCUT2D eigenvalue weighted by Gasteiger charge is 2.39. The summed E-state index contributed by atoms with van der Waals surface area (Å²) in [6.07, 6.45) is -0.797. The summed E-state index contributed by atoms with van der Waals surface area (Å²) in [6, 6.07) is 40.6. The van der Waals surface area contributed by atoms with E-state index in [0.717, 1.165) is 22.3 Å². The standard InChI is InChI=1S/C36H30FN3O3/c37-28-20-21-34-32(22-28)35(39-40-38)31(30-18-10-11-19-33(30)43-34)23-29(41)24-42-36(25-12-4-1-5-13-25,26-14-6-2-7-15-26)27-16-8-3-9-17-27/h1-22,29,31,35,41H,23-24H2/t29-,31-,35+/m1/s1. The van der Waals surface area contributed by atoms with Gasteiger partial charge in [-0.15, -0.1) is 0 Å². The van der Waals surface area contributed by atoms with Gasteiger partial charge in [0.15, 0.2) is 0 Å². The van der Waals surface area contributed by atoms with Crippen LogP contribution in [-0.4, -0.2) is 17.8 Å². The second kappa shape index (κ2) is 12.5. The van der Waals surface area contributed by atoms with E-state index in [9.17, 15) is 15.0 Å². The fraction of sp³-hybridized carbons (Fsp3) is 0.167. The van der Waals surface area contributed by atoms with E-state index in [4.69, 9.17) is 9.47 Å². The average molecular weight is 572 g/mol. The highest BCUT2D eigenvalue weighted by atomic mass is 19.1. The van der Waals surface area contributed by atoms with Gasteiger partial charge in [0.2, 0.25) is 0 Å².